The van der Waals surface area contributed by atoms with E-state index < -0.39 is 8.24 Å². The van der Waals surface area contributed by atoms with Gasteiger partial charge in [0.25, 0.3) is 6.73 Å². The molecule has 0 fully saturated rings. The third-order valence-electron chi connectivity index (χ3n) is 4.08. The molecule has 102 valence electrons. The Labute approximate surface area is 121 Å². The largest absolute Gasteiger partial charge is 0.437 e. The van der Waals surface area contributed by atoms with Crippen molar-refractivity contribution in [2.24, 2.45) is 0 Å². The Morgan fingerprint density at radius 3 is 2.50 bits per heavy atom. The number of nitrogens with zero attached hydrogens (tertiary/aromatic N) is 1. The van der Waals surface area contributed by atoms with Gasteiger partial charge in [0.1, 0.15) is 5.75 Å². The third kappa shape index (κ3) is 2.18. The monoisotopic (exact) mass is 282 g/mol. The molecule has 0 aliphatic carbocycles. The number of rotatable bonds is 2. The zero-order valence-electron chi connectivity index (χ0n) is 12.3. The van der Waals surface area contributed by atoms with E-state index in [4.69, 9.17) is 4.74 Å². The van der Waals surface area contributed by atoms with Crippen molar-refractivity contribution < 1.29 is 8.98 Å². The molecule has 2 aromatic rings. The van der Waals surface area contributed by atoms with Crippen molar-refractivity contribution in [1.29, 1.82) is 0 Å². The van der Waals surface area contributed by atoms with E-state index in [-0.39, 0.29) is 0 Å². The first-order chi connectivity index (χ1) is 9.59. The SMILES string of the molecule is Cc1cccc2c1OC[N+]([Si](C)(C)c1ccccc1)=C2. The molecule has 0 spiro atoms. The molecule has 0 unspecified atom stereocenters. The number of fused-ring (bicyclic) bond motifs is 1. The molecule has 0 saturated carbocycles. The molecule has 0 atom stereocenters. The lowest BCUT2D eigenvalue weighted by molar-refractivity contribution is -0.436. The Morgan fingerprint density at radius 1 is 1.00 bits per heavy atom. The molecule has 0 bridgehead atoms. The molecule has 0 saturated heterocycles. The van der Waals surface area contributed by atoms with Crippen LogP contribution in [0.5, 0.6) is 5.75 Å². The minimum absolute atomic E-state index is 0.645. The summed E-state index contributed by atoms with van der Waals surface area (Å²) >= 11 is 0. The summed E-state index contributed by atoms with van der Waals surface area (Å²) in [7, 11) is -1.71. The Morgan fingerprint density at radius 2 is 1.75 bits per heavy atom. The lowest BCUT2D eigenvalue weighted by Gasteiger charge is -2.24. The van der Waals surface area contributed by atoms with E-state index >= 15 is 0 Å². The van der Waals surface area contributed by atoms with Gasteiger partial charge in [0.05, 0.1) is 5.56 Å². The maximum atomic E-state index is 6.00. The maximum absolute atomic E-state index is 6.00. The molecule has 20 heavy (non-hydrogen) atoms. The maximum Gasteiger partial charge on any atom is 0.387 e. The van der Waals surface area contributed by atoms with Gasteiger partial charge >= 0.3 is 8.24 Å². The molecule has 0 amide bonds. The van der Waals surface area contributed by atoms with Crippen molar-refractivity contribution in [3.05, 3.63) is 59.7 Å². The predicted molar refractivity (Wildman–Crippen MR) is 85.7 cm³/mol. The fraction of sp³-hybridized carbons (Fsp3) is 0.235. The number of hydrogen-bond acceptors (Lipinski definition) is 1. The highest BCUT2D eigenvalue weighted by Crippen LogP contribution is 2.25. The molecule has 1 aliphatic rings. The van der Waals surface area contributed by atoms with E-state index in [1.54, 1.807) is 0 Å². The van der Waals surface area contributed by atoms with Crippen LogP contribution in [-0.2, 0) is 0 Å². The minimum Gasteiger partial charge on any atom is -0.437 e. The summed E-state index contributed by atoms with van der Waals surface area (Å²) in [6.45, 7) is 7.47. The first kappa shape index (κ1) is 13.1. The summed E-state index contributed by atoms with van der Waals surface area (Å²) < 4.78 is 8.40. The van der Waals surface area contributed by atoms with Crippen LogP contribution in [-0.4, -0.2) is 25.4 Å². The molecule has 0 N–H and O–H groups in total. The van der Waals surface area contributed by atoms with Crippen LogP contribution in [0.25, 0.3) is 0 Å². The molecule has 3 heteroatoms. The van der Waals surface area contributed by atoms with Crippen LogP contribution in [0, 0.1) is 6.92 Å². The normalized spacial score (nSPS) is 14.2. The highest BCUT2D eigenvalue weighted by molar-refractivity contribution is 6.83. The summed E-state index contributed by atoms with van der Waals surface area (Å²) in [6, 6.07) is 17.1. The zero-order chi connectivity index (χ0) is 14.2. The summed E-state index contributed by atoms with van der Waals surface area (Å²) in [4.78, 5) is 0. The summed E-state index contributed by atoms with van der Waals surface area (Å²) in [5, 5.41) is 1.43. The Balaban J connectivity index is 2.04. The highest BCUT2D eigenvalue weighted by atomic mass is 28.3. The van der Waals surface area contributed by atoms with E-state index in [0.717, 1.165) is 5.75 Å². The molecule has 0 aromatic heterocycles. The first-order valence-corrected chi connectivity index (χ1v) is 9.93. The molecule has 1 heterocycles. The molecular formula is C17H20NOSi+. The standard InChI is InChI=1S/C17H20NOSi/c1-14-8-7-9-15-12-18(13-19-17(14)15)20(2,3)16-10-5-4-6-11-16/h4-12H,13H2,1-3H3/q+1. The van der Waals surface area contributed by atoms with Gasteiger partial charge in [0.15, 0.2) is 6.21 Å². The van der Waals surface area contributed by atoms with E-state index in [1.165, 1.54) is 16.3 Å². The topological polar surface area (TPSA) is 12.2 Å². The average molecular weight is 282 g/mol. The van der Waals surface area contributed by atoms with Crippen LogP contribution in [0.1, 0.15) is 11.1 Å². The lowest BCUT2D eigenvalue weighted by Crippen LogP contribution is -2.55. The van der Waals surface area contributed by atoms with Gasteiger partial charge in [-0.3, -0.25) is 4.24 Å². The highest BCUT2D eigenvalue weighted by Gasteiger charge is 2.40. The molecule has 1 aliphatic heterocycles. The van der Waals surface area contributed by atoms with Gasteiger partial charge in [-0.25, -0.2) is 0 Å². The minimum atomic E-state index is -1.71. The molecule has 3 rings (SSSR count). The van der Waals surface area contributed by atoms with Crippen LogP contribution in [0.3, 0.4) is 0 Å². The molecule has 2 nitrogen and oxygen atoms in total. The van der Waals surface area contributed by atoms with Crippen LogP contribution in [0.2, 0.25) is 13.1 Å². The Bertz CT molecular complexity index is 662. The van der Waals surface area contributed by atoms with Crippen LogP contribution in [0.4, 0.5) is 0 Å². The number of ether oxygens (including phenoxy) is 1. The number of aryl methyl sites for hydroxylation is 1. The summed E-state index contributed by atoms with van der Waals surface area (Å²) in [6.07, 6.45) is 2.27. The number of para-hydroxylation sites is 1. The molecular weight excluding hydrogens is 262 g/mol. The fourth-order valence-electron chi connectivity index (χ4n) is 2.65. The van der Waals surface area contributed by atoms with E-state index in [9.17, 15) is 0 Å². The average Bonchev–Trinajstić information content (AvgIpc) is 2.48. The van der Waals surface area contributed by atoms with Gasteiger partial charge in [-0.05, 0) is 31.6 Å². The Hall–Kier alpha value is -1.87. The van der Waals surface area contributed by atoms with Crippen molar-refractivity contribution in [3.8, 4) is 5.75 Å². The lowest BCUT2D eigenvalue weighted by atomic mass is 10.1. The van der Waals surface area contributed by atoms with Crippen molar-refractivity contribution in [2.75, 3.05) is 6.73 Å². The smallest absolute Gasteiger partial charge is 0.387 e. The number of hydrogen-bond donors (Lipinski definition) is 0. The van der Waals surface area contributed by atoms with Crippen molar-refractivity contribution in [1.82, 2.24) is 0 Å². The second-order valence-corrected chi connectivity index (χ2v) is 10.1. The van der Waals surface area contributed by atoms with Gasteiger partial charge in [0, 0.05) is 5.19 Å². The summed E-state index contributed by atoms with van der Waals surface area (Å²) in [5.41, 5.74) is 2.39. The van der Waals surface area contributed by atoms with Gasteiger partial charge in [-0.15, -0.1) is 0 Å². The summed E-state index contributed by atoms with van der Waals surface area (Å²) in [5.74, 6) is 1.03. The van der Waals surface area contributed by atoms with E-state index in [0.29, 0.717) is 6.73 Å². The quantitative estimate of drug-likeness (QED) is 0.772. The van der Waals surface area contributed by atoms with Crippen molar-refractivity contribution in [3.63, 3.8) is 0 Å². The van der Waals surface area contributed by atoms with Gasteiger partial charge in [-0.1, -0.05) is 42.5 Å². The van der Waals surface area contributed by atoms with Crippen LogP contribution in [0.15, 0.2) is 48.5 Å². The van der Waals surface area contributed by atoms with E-state index in [2.05, 4.69) is 79.0 Å². The van der Waals surface area contributed by atoms with Crippen LogP contribution < -0.4 is 9.92 Å². The second kappa shape index (κ2) is 4.91. The van der Waals surface area contributed by atoms with Gasteiger partial charge in [-0.2, -0.15) is 0 Å². The predicted octanol–water partition coefficient (Wildman–Crippen LogP) is 2.89. The fourth-order valence-corrected chi connectivity index (χ4v) is 4.84. The van der Waals surface area contributed by atoms with Gasteiger partial charge in [0.2, 0.25) is 0 Å². The zero-order valence-corrected chi connectivity index (χ0v) is 13.3. The van der Waals surface area contributed by atoms with Crippen molar-refractivity contribution in [2.45, 2.75) is 20.0 Å². The van der Waals surface area contributed by atoms with E-state index in [1.807, 2.05) is 0 Å². The second-order valence-electron chi connectivity index (χ2n) is 5.79. The molecule has 2 aromatic carbocycles. The molecule has 0 radical (unpaired) electrons. The van der Waals surface area contributed by atoms with Gasteiger partial charge < -0.3 is 4.74 Å². The van der Waals surface area contributed by atoms with Crippen LogP contribution >= 0.6 is 0 Å². The third-order valence-corrected chi connectivity index (χ3v) is 7.52. The first-order valence-electron chi connectivity index (χ1n) is 6.98. The van der Waals surface area contributed by atoms with Crippen molar-refractivity contribution >= 4 is 19.6 Å². The Kier molecular flexibility index (Phi) is 3.22. The number of benzene rings is 2.